The molecule has 9 rings (SSSR count). The van der Waals surface area contributed by atoms with E-state index >= 15 is 0 Å². The van der Waals surface area contributed by atoms with Gasteiger partial charge in [0.1, 0.15) is 5.01 Å². The number of thiazole rings is 1. The van der Waals surface area contributed by atoms with Crippen LogP contribution in [0.1, 0.15) is 0 Å². The lowest BCUT2D eigenvalue weighted by Crippen LogP contribution is -2.10. The fourth-order valence-electron chi connectivity index (χ4n) is 6.27. The third-order valence-corrected chi connectivity index (χ3v) is 9.72. The van der Waals surface area contributed by atoms with Gasteiger partial charge < -0.3 is 4.90 Å². The molecule has 7 aromatic carbocycles. The summed E-state index contributed by atoms with van der Waals surface area (Å²) in [6, 6.07) is 58.2. The summed E-state index contributed by atoms with van der Waals surface area (Å²) in [5.41, 5.74) is 9.84. The van der Waals surface area contributed by atoms with Crippen LogP contribution in [0.3, 0.4) is 0 Å². The number of fused-ring (bicyclic) bond motifs is 4. The molecular weight excluding hydrogens is 579 g/mol. The highest BCUT2D eigenvalue weighted by Gasteiger charge is 2.15. The monoisotopic (exact) mass is 605 g/mol. The van der Waals surface area contributed by atoms with E-state index in [0.29, 0.717) is 0 Å². The summed E-state index contributed by atoms with van der Waals surface area (Å²) in [5, 5.41) is 5.75. The van der Waals surface area contributed by atoms with Gasteiger partial charge in [0.15, 0.2) is 0 Å². The molecular formula is C42H27N3S. The van der Waals surface area contributed by atoms with Crippen LogP contribution in [0.2, 0.25) is 0 Å². The summed E-state index contributed by atoms with van der Waals surface area (Å²) < 4.78 is 1.21. The summed E-state index contributed by atoms with van der Waals surface area (Å²) in [7, 11) is 0. The Labute approximate surface area is 270 Å². The molecule has 2 heterocycles. The number of aromatic nitrogens is 2. The maximum atomic E-state index is 4.92. The predicted molar refractivity (Wildman–Crippen MR) is 195 cm³/mol. The Morgan fingerprint density at radius 3 is 1.72 bits per heavy atom. The van der Waals surface area contributed by atoms with Crippen LogP contribution in [-0.4, -0.2) is 9.97 Å². The minimum absolute atomic E-state index is 0.991. The third-order valence-electron chi connectivity index (χ3n) is 8.63. The van der Waals surface area contributed by atoms with Gasteiger partial charge in [-0.1, -0.05) is 97.1 Å². The molecule has 4 heteroatoms. The zero-order valence-corrected chi connectivity index (χ0v) is 25.7. The van der Waals surface area contributed by atoms with Gasteiger partial charge in [0.05, 0.1) is 21.3 Å². The number of pyridine rings is 1. The molecule has 0 bridgehead atoms. The molecule has 0 aliphatic heterocycles. The number of rotatable bonds is 5. The van der Waals surface area contributed by atoms with Gasteiger partial charge in [-0.05, 0) is 88.6 Å². The van der Waals surface area contributed by atoms with E-state index in [4.69, 9.17) is 9.97 Å². The first-order valence-corrected chi connectivity index (χ1v) is 16.2. The average Bonchev–Trinajstić information content (AvgIpc) is 3.56. The first-order chi connectivity index (χ1) is 22.7. The summed E-state index contributed by atoms with van der Waals surface area (Å²) in [6.07, 6.45) is 0. The van der Waals surface area contributed by atoms with E-state index in [9.17, 15) is 0 Å². The Balaban J connectivity index is 1.10. The van der Waals surface area contributed by atoms with Crippen molar-refractivity contribution in [3.63, 3.8) is 0 Å². The topological polar surface area (TPSA) is 29.0 Å². The van der Waals surface area contributed by atoms with E-state index in [0.717, 1.165) is 55.0 Å². The number of hydrogen-bond donors (Lipinski definition) is 0. The normalized spacial score (nSPS) is 11.5. The highest BCUT2D eigenvalue weighted by molar-refractivity contribution is 7.21. The van der Waals surface area contributed by atoms with Crippen molar-refractivity contribution in [1.29, 1.82) is 0 Å². The molecule has 9 aromatic rings. The minimum atomic E-state index is 0.991. The molecule has 46 heavy (non-hydrogen) atoms. The van der Waals surface area contributed by atoms with Gasteiger partial charge in [0.2, 0.25) is 0 Å². The fourth-order valence-corrected chi connectivity index (χ4v) is 7.25. The smallest absolute Gasteiger partial charge is 0.124 e. The zero-order valence-electron chi connectivity index (χ0n) is 24.8. The van der Waals surface area contributed by atoms with Crippen molar-refractivity contribution in [2.24, 2.45) is 0 Å². The molecule has 0 saturated carbocycles. The lowest BCUT2D eigenvalue weighted by Gasteiger charge is -2.26. The average molecular weight is 606 g/mol. The van der Waals surface area contributed by atoms with Crippen LogP contribution in [0.25, 0.3) is 64.5 Å². The first-order valence-electron chi connectivity index (χ1n) is 15.4. The lowest BCUT2D eigenvalue weighted by atomic mass is 10.0. The molecule has 0 unspecified atom stereocenters. The molecule has 2 aromatic heterocycles. The third kappa shape index (κ3) is 4.76. The van der Waals surface area contributed by atoms with Crippen molar-refractivity contribution in [3.05, 3.63) is 164 Å². The summed E-state index contributed by atoms with van der Waals surface area (Å²) in [5.74, 6) is 0. The van der Waals surface area contributed by atoms with Gasteiger partial charge in [-0.15, -0.1) is 11.3 Å². The summed E-state index contributed by atoms with van der Waals surface area (Å²) >= 11 is 1.73. The predicted octanol–water partition coefficient (Wildman–Crippen LogP) is 12.0. The molecule has 0 aliphatic carbocycles. The molecule has 0 fully saturated rings. The second kappa shape index (κ2) is 11.0. The van der Waals surface area contributed by atoms with Crippen LogP contribution in [0.5, 0.6) is 0 Å². The number of nitrogens with zero attached hydrogens (tertiary/aromatic N) is 3. The Kier molecular flexibility index (Phi) is 6.32. The SMILES string of the molecule is c1ccc2cc(N(c3ccc(-c4ccc(-c5nc6ccccc6s5)cc4)cc3)c3ccc4nc5ccccc5cc4c3)ccc2c1. The second-order valence-corrected chi connectivity index (χ2v) is 12.6. The van der Waals surface area contributed by atoms with Gasteiger partial charge in [0.25, 0.3) is 0 Å². The maximum absolute atomic E-state index is 4.92. The largest absolute Gasteiger partial charge is 0.310 e. The molecule has 0 aliphatic rings. The van der Waals surface area contributed by atoms with E-state index < -0.39 is 0 Å². The van der Waals surface area contributed by atoms with Crippen molar-refractivity contribution in [2.45, 2.75) is 0 Å². The van der Waals surface area contributed by atoms with Crippen molar-refractivity contribution in [2.75, 3.05) is 4.90 Å². The van der Waals surface area contributed by atoms with E-state index in [-0.39, 0.29) is 0 Å². The number of benzene rings is 7. The van der Waals surface area contributed by atoms with Crippen LogP contribution in [-0.2, 0) is 0 Å². The molecule has 0 spiro atoms. The molecule has 0 radical (unpaired) electrons. The summed E-state index contributed by atoms with van der Waals surface area (Å²) in [4.78, 5) is 12.1. The van der Waals surface area contributed by atoms with Crippen LogP contribution >= 0.6 is 11.3 Å². The van der Waals surface area contributed by atoms with Gasteiger partial charge in [-0.25, -0.2) is 9.97 Å². The molecule has 0 atom stereocenters. The molecule has 0 N–H and O–H groups in total. The van der Waals surface area contributed by atoms with Crippen molar-refractivity contribution in [3.8, 4) is 21.7 Å². The van der Waals surface area contributed by atoms with Gasteiger partial charge >= 0.3 is 0 Å². The van der Waals surface area contributed by atoms with Crippen molar-refractivity contribution >= 4 is 71.2 Å². The zero-order chi connectivity index (χ0) is 30.5. The lowest BCUT2D eigenvalue weighted by molar-refractivity contribution is 1.29. The molecule has 0 amide bonds. The highest BCUT2D eigenvalue weighted by Crippen LogP contribution is 2.39. The fraction of sp³-hybridized carbons (Fsp3) is 0. The number of para-hydroxylation sites is 2. The molecule has 216 valence electrons. The van der Waals surface area contributed by atoms with E-state index in [1.807, 2.05) is 12.1 Å². The molecule has 0 saturated heterocycles. The maximum Gasteiger partial charge on any atom is 0.124 e. The Bertz CT molecular complexity index is 2500. The van der Waals surface area contributed by atoms with E-state index in [1.54, 1.807) is 11.3 Å². The van der Waals surface area contributed by atoms with Crippen LogP contribution in [0, 0.1) is 0 Å². The Morgan fingerprint density at radius 2 is 0.935 bits per heavy atom. The van der Waals surface area contributed by atoms with Gasteiger partial charge in [-0.3, -0.25) is 0 Å². The van der Waals surface area contributed by atoms with E-state index in [1.165, 1.54) is 26.6 Å². The second-order valence-electron chi connectivity index (χ2n) is 11.5. The molecule has 3 nitrogen and oxygen atoms in total. The van der Waals surface area contributed by atoms with Crippen LogP contribution in [0.15, 0.2) is 164 Å². The van der Waals surface area contributed by atoms with Crippen molar-refractivity contribution < 1.29 is 0 Å². The number of hydrogen-bond acceptors (Lipinski definition) is 4. The standard InChI is InChI=1S/C42H27N3S/c1-2-8-32-26-36(22-19-28(32)7-1)45(37-23-24-39-34(27-37)25-33-9-3-4-10-38(33)43-39)35-20-17-30(18-21-35)29-13-15-31(16-14-29)42-44-40-11-5-6-12-41(40)46-42/h1-27H. The Morgan fingerprint density at radius 1 is 0.370 bits per heavy atom. The highest BCUT2D eigenvalue weighted by atomic mass is 32.1. The quantitative estimate of drug-likeness (QED) is 0.183. The first kappa shape index (κ1) is 26.6. The van der Waals surface area contributed by atoms with Crippen LogP contribution in [0.4, 0.5) is 17.1 Å². The van der Waals surface area contributed by atoms with Crippen molar-refractivity contribution in [1.82, 2.24) is 9.97 Å². The summed E-state index contributed by atoms with van der Waals surface area (Å²) in [6.45, 7) is 0. The number of anilines is 3. The van der Waals surface area contributed by atoms with E-state index in [2.05, 4.69) is 157 Å². The van der Waals surface area contributed by atoms with Gasteiger partial charge in [0, 0.05) is 33.4 Å². The minimum Gasteiger partial charge on any atom is -0.310 e. The Hall–Kier alpha value is -5.84. The van der Waals surface area contributed by atoms with Gasteiger partial charge in [-0.2, -0.15) is 0 Å². The van der Waals surface area contributed by atoms with Crippen LogP contribution < -0.4 is 4.90 Å².